The third-order valence-corrected chi connectivity index (χ3v) is 10.2. The number of nitrogens with two attached hydrogens (primary N) is 6. The molecule has 1 heterocycles. The Hall–Kier alpha value is -6.12. The van der Waals surface area contributed by atoms with Gasteiger partial charge in [-0.1, -0.05) is 13.8 Å². The van der Waals surface area contributed by atoms with E-state index in [0.717, 1.165) is 0 Å². The highest BCUT2D eigenvalue weighted by Crippen LogP contribution is 2.12. The summed E-state index contributed by atoms with van der Waals surface area (Å²) < 4.78 is 0. The zero-order chi connectivity index (χ0) is 49.1. The van der Waals surface area contributed by atoms with Crippen molar-refractivity contribution in [1.29, 1.82) is 0 Å². The number of nitrogens with one attached hydrogen (secondary N) is 7. The van der Waals surface area contributed by atoms with Crippen LogP contribution in [0, 0.1) is 5.92 Å². The van der Waals surface area contributed by atoms with Crippen LogP contribution in [0.1, 0.15) is 77.7 Å². The largest absolute Gasteiger partial charge is 0.480 e. The van der Waals surface area contributed by atoms with Crippen LogP contribution in [0.5, 0.6) is 0 Å². The Balaban J connectivity index is 3.50. The maximum absolute atomic E-state index is 14.2. The lowest BCUT2D eigenvalue weighted by molar-refractivity contribution is -0.138. The van der Waals surface area contributed by atoms with Crippen LogP contribution >= 0.6 is 11.3 Å². The highest BCUT2D eigenvalue weighted by Gasteiger charge is 2.33. The second-order valence-corrected chi connectivity index (χ2v) is 16.4. The molecule has 0 aliphatic heterocycles. The van der Waals surface area contributed by atoms with Crippen molar-refractivity contribution in [2.75, 3.05) is 32.8 Å². The van der Waals surface area contributed by atoms with Crippen LogP contribution in [0.3, 0.4) is 0 Å². The molecule has 7 atom stereocenters. The van der Waals surface area contributed by atoms with Gasteiger partial charge in [0.15, 0.2) is 11.9 Å². The first-order valence-electron chi connectivity index (χ1n) is 21.2. The Kier molecular flexibility index (Phi) is 27.0. The molecule has 0 saturated carbocycles. The molecule has 1 aromatic rings. The number of aliphatic hydroxyl groups excluding tert-OH is 1. The maximum Gasteiger partial charge on any atom is 0.322 e. The van der Waals surface area contributed by atoms with Crippen LogP contribution in [-0.2, 0) is 44.8 Å². The topological polar surface area (TPSA) is 442 Å². The zero-order valence-corrected chi connectivity index (χ0v) is 38.0. The average Bonchev–Trinajstić information content (AvgIpc) is 3.76. The number of carbonyl (C=O) groups is 8. The highest BCUT2D eigenvalue weighted by atomic mass is 32.1. The minimum absolute atomic E-state index is 0.0231. The smallest absolute Gasteiger partial charge is 0.322 e. The SMILES string of the molecule is CC(C)C[C@H](NC(=O)[C@H](CCCN=C(N)N)NC(=O)[C@H](CCCN=C(N)N)NC(=O)[C@H](CCCCN)NC(=O)[C@H](C)NC(=O)[C@@H](N)CO)C(=O)N[C@@H](Cc1ccsc1)C(=O)NCC(=O)O. The minimum atomic E-state index is -1.34. The van der Waals surface area contributed by atoms with E-state index in [9.17, 15) is 43.5 Å². The Morgan fingerprint density at radius 3 is 1.57 bits per heavy atom. The lowest BCUT2D eigenvalue weighted by Gasteiger charge is -2.28. The zero-order valence-electron chi connectivity index (χ0n) is 37.2. The van der Waals surface area contributed by atoms with Crippen molar-refractivity contribution in [2.45, 2.75) is 121 Å². The summed E-state index contributed by atoms with van der Waals surface area (Å²) in [6.07, 6.45) is 1.28. The quantitative estimate of drug-likeness (QED) is 0.0183. The Morgan fingerprint density at radius 2 is 1.12 bits per heavy atom. The monoisotopic (exact) mass is 940 g/mol. The van der Waals surface area contributed by atoms with Gasteiger partial charge in [0, 0.05) is 19.5 Å². The van der Waals surface area contributed by atoms with Gasteiger partial charge in [-0.05, 0) is 93.1 Å². The lowest BCUT2D eigenvalue weighted by atomic mass is 10.0. The molecule has 0 aliphatic rings. The number of unbranched alkanes of at least 4 members (excludes halogenated alkanes) is 1. The van der Waals surface area contributed by atoms with Gasteiger partial charge in [-0.25, -0.2) is 0 Å². The summed E-state index contributed by atoms with van der Waals surface area (Å²) in [5.41, 5.74) is 33.9. The van der Waals surface area contributed by atoms with Gasteiger partial charge in [-0.2, -0.15) is 11.3 Å². The van der Waals surface area contributed by atoms with Crippen LogP contribution < -0.4 is 71.6 Å². The molecule has 7 amide bonds. The summed E-state index contributed by atoms with van der Waals surface area (Å²) in [5, 5.41) is 39.7. The molecule has 0 fully saturated rings. The van der Waals surface area contributed by atoms with E-state index in [2.05, 4.69) is 47.2 Å². The van der Waals surface area contributed by atoms with Crippen molar-refractivity contribution < 1.29 is 48.6 Å². The number of aliphatic hydroxyl groups is 1. The first-order valence-corrected chi connectivity index (χ1v) is 22.1. The Morgan fingerprint density at radius 1 is 0.646 bits per heavy atom. The summed E-state index contributed by atoms with van der Waals surface area (Å²) in [4.78, 5) is 114. The van der Waals surface area contributed by atoms with Gasteiger partial charge >= 0.3 is 5.97 Å². The molecule has 25 nitrogen and oxygen atoms in total. The molecule has 26 heteroatoms. The number of aliphatic imine (C=N–C) groups is 2. The number of carbonyl (C=O) groups excluding carboxylic acids is 7. The Labute approximate surface area is 381 Å². The van der Waals surface area contributed by atoms with Gasteiger partial charge in [0.25, 0.3) is 0 Å². The summed E-state index contributed by atoms with van der Waals surface area (Å²) in [5.74, 6) is -7.37. The number of thiophene rings is 1. The van der Waals surface area contributed by atoms with Gasteiger partial charge in [0.2, 0.25) is 41.4 Å². The van der Waals surface area contributed by atoms with E-state index < -0.39 is 103 Å². The number of aliphatic carboxylic acids is 1. The van der Waals surface area contributed by atoms with E-state index >= 15 is 0 Å². The van der Waals surface area contributed by atoms with E-state index in [1.54, 1.807) is 30.7 Å². The number of rotatable bonds is 32. The second kappa shape index (κ2) is 30.9. The number of carboxylic acid groups (broad SMARTS) is 1. The summed E-state index contributed by atoms with van der Waals surface area (Å²) in [7, 11) is 0. The van der Waals surface area contributed by atoms with Crippen molar-refractivity contribution in [1.82, 2.24) is 37.2 Å². The van der Waals surface area contributed by atoms with Crippen molar-refractivity contribution in [3.8, 4) is 0 Å². The van der Waals surface area contributed by atoms with Crippen LogP contribution in [0.2, 0.25) is 0 Å². The standard InChI is InChI=1S/C39H69N15O10S/c1-21(2)16-28(37(64)54-29(17-23-11-15-65-20-23)33(60)48-18-30(56)57)53-36(63)27(10-7-14-47-39(44)45)52-35(62)26(9-6-13-46-38(42)43)51-34(61)25(8-4-5-12-40)50-31(58)22(3)49-32(59)24(41)19-55/h11,15,20-22,24-29,55H,4-10,12-14,16-19,40-41H2,1-3H3,(H,48,60)(H,49,59)(H,50,58)(H,51,61)(H,52,62)(H,53,63)(H,54,64)(H,56,57)(H4,42,43,46)(H4,44,45,47)/t22-,24-,25-,26-,27-,28-,29-/m0/s1. The third kappa shape index (κ3) is 23.9. The van der Waals surface area contributed by atoms with Gasteiger partial charge in [0.05, 0.1) is 6.61 Å². The molecule has 1 aromatic heterocycles. The number of guanidine groups is 2. The van der Waals surface area contributed by atoms with E-state index in [0.29, 0.717) is 18.4 Å². The fourth-order valence-corrected chi connectivity index (χ4v) is 6.69. The van der Waals surface area contributed by atoms with Gasteiger partial charge in [-0.15, -0.1) is 0 Å². The number of nitrogens with zero attached hydrogens (tertiary/aromatic N) is 2. The molecule has 0 aromatic carbocycles. The molecule has 366 valence electrons. The van der Waals surface area contributed by atoms with Gasteiger partial charge < -0.3 is 81.8 Å². The predicted molar refractivity (Wildman–Crippen MR) is 243 cm³/mol. The first-order chi connectivity index (χ1) is 30.7. The molecule has 0 spiro atoms. The second-order valence-electron chi connectivity index (χ2n) is 15.6. The number of hydrogen-bond donors (Lipinski definition) is 15. The number of carboxylic acids is 1. The number of amides is 7. The molecule has 1 rings (SSSR count). The van der Waals surface area contributed by atoms with Gasteiger partial charge in [-0.3, -0.25) is 48.3 Å². The maximum atomic E-state index is 14.2. The average molecular weight is 940 g/mol. The molecular weight excluding hydrogens is 871 g/mol. The van der Waals surface area contributed by atoms with Crippen molar-refractivity contribution in [3.05, 3.63) is 22.4 Å². The molecule has 0 radical (unpaired) electrons. The molecule has 21 N–H and O–H groups in total. The third-order valence-electron chi connectivity index (χ3n) is 9.43. The lowest BCUT2D eigenvalue weighted by Crippen LogP contribution is -2.60. The Bertz CT molecular complexity index is 1760. The van der Waals surface area contributed by atoms with Crippen LogP contribution in [0.25, 0.3) is 0 Å². The fourth-order valence-electron chi connectivity index (χ4n) is 6.00. The molecule has 0 bridgehead atoms. The highest BCUT2D eigenvalue weighted by molar-refractivity contribution is 7.07. The minimum Gasteiger partial charge on any atom is -0.480 e. The summed E-state index contributed by atoms with van der Waals surface area (Å²) in [6, 6.07) is -7.08. The molecule has 0 saturated heterocycles. The van der Waals surface area contributed by atoms with Crippen LogP contribution in [-0.4, -0.2) is 145 Å². The molecular formula is C39H69N15O10S. The van der Waals surface area contributed by atoms with E-state index in [1.807, 2.05) is 0 Å². The van der Waals surface area contributed by atoms with E-state index in [4.69, 9.17) is 39.5 Å². The van der Waals surface area contributed by atoms with Gasteiger partial charge in [0.1, 0.15) is 48.8 Å². The fraction of sp³-hybridized carbons (Fsp3) is 0.641. The normalized spacial score (nSPS) is 14.1. The summed E-state index contributed by atoms with van der Waals surface area (Å²) in [6.45, 7) is 3.99. The van der Waals surface area contributed by atoms with Crippen molar-refractivity contribution >= 4 is 70.6 Å². The molecule has 65 heavy (non-hydrogen) atoms. The van der Waals surface area contributed by atoms with Crippen molar-refractivity contribution in [2.24, 2.45) is 50.3 Å². The predicted octanol–water partition coefficient (Wildman–Crippen LogP) is -4.98. The van der Waals surface area contributed by atoms with Crippen LogP contribution in [0.15, 0.2) is 26.8 Å². The van der Waals surface area contributed by atoms with Crippen LogP contribution in [0.4, 0.5) is 0 Å². The summed E-state index contributed by atoms with van der Waals surface area (Å²) >= 11 is 1.36. The van der Waals surface area contributed by atoms with E-state index in [1.165, 1.54) is 18.3 Å². The first kappa shape index (κ1) is 56.9. The molecule has 0 unspecified atom stereocenters. The number of hydrogen-bond acceptors (Lipinski definition) is 14. The molecule has 0 aliphatic carbocycles. The van der Waals surface area contributed by atoms with Crippen molar-refractivity contribution in [3.63, 3.8) is 0 Å². The van der Waals surface area contributed by atoms with E-state index in [-0.39, 0.29) is 82.4 Å².